The monoisotopic (exact) mass is 497 g/mol. The largest absolute Gasteiger partial charge is 0.507 e. The second kappa shape index (κ2) is 9.79. The molecule has 1 aliphatic rings. The van der Waals surface area contributed by atoms with Gasteiger partial charge in [0.1, 0.15) is 17.3 Å². The first-order valence-electron chi connectivity index (χ1n) is 10.6. The molecule has 1 unspecified atom stereocenters. The molecule has 0 aromatic heterocycles. The lowest BCUT2D eigenvalue weighted by Gasteiger charge is -2.25. The van der Waals surface area contributed by atoms with Crippen molar-refractivity contribution in [1.29, 1.82) is 0 Å². The van der Waals surface area contributed by atoms with Crippen LogP contribution >= 0.6 is 23.2 Å². The summed E-state index contributed by atoms with van der Waals surface area (Å²) in [4.78, 5) is 27.6. The SMILES string of the molecule is CCCOc1ccc(/C(O)=C2/C(=O)C(=O)N(c3ccc(Cl)cc3)C2c2ccc(O)c(Cl)c2)cc1. The zero-order valence-corrected chi connectivity index (χ0v) is 19.7. The Labute approximate surface area is 206 Å². The highest BCUT2D eigenvalue weighted by Gasteiger charge is 2.47. The van der Waals surface area contributed by atoms with Crippen LogP contribution in [-0.4, -0.2) is 28.5 Å². The number of hydrogen-bond acceptors (Lipinski definition) is 5. The Balaban J connectivity index is 1.86. The highest BCUT2D eigenvalue weighted by atomic mass is 35.5. The molecule has 0 aliphatic carbocycles. The summed E-state index contributed by atoms with van der Waals surface area (Å²) in [6.07, 6.45) is 0.852. The van der Waals surface area contributed by atoms with Gasteiger partial charge in [0.25, 0.3) is 11.7 Å². The number of Topliss-reactive ketones (excluding diaryl/α,β-unsaturated/α-hetero) is 1. The van der Waals surface area contributed by atoms with E-state index in [0.29, 0.717) is 34.2 Å². The smallest absolute Gasteiger partial charge is 0.300 e. The van der Waals surface area contributed by atoms with Crippen molar-refractivity contribution in [3.8, 4) is 11.5 Å². The molecule has 0 spiro atoms. The number of ketones is 1. The minimum Gasteiger partial charge on any atom is -0.507 e. The summed E-state index contributed by atoms with van der Waals surface area (Å²) in [6.45, 7) is 2.55. The molecule has 3 aromatic rings. The molecule has 1 heterocycles. The van der Waals surface area contributed by atoms with E-state index in [9.17, 15) is 19.8 Å². The molecule has 4 rings (SSSR count). The molecule has 1 saturated heterocycles. The lowest BCUT2D eigenvalue weighted by molar-refractivity contribution is -0.132. The molecule has 0 saturated carbocycles. The number of nitrogens with zero attached hydrogens (tertiary/aromatic N) is 1. The zero-order chi connectivity index (χ0) is 24.4. The quantitative estimate of drug-likeness (QED) is 0.243. The third-order valence-corrected chi connectivity index (χ3v) is 5.99. The predicted octanol–water partition coefficient (Wildman–Crippen LogP) is 6.11. The van der Waals surface area contributed by atoms with Crippen molar-refractivity contribution in [2.75, 3.05) is 11.5 Å². The first-order valence-corrected chi connectivity index (χ1v) is 11.4. The number of benzene rings is 3. The van der Waals surface area contributed by atoms with E-state index in [1.807, 2.05) is 6.92 Å². The van der Waals surface area contributed by atoms with E-state index in [-0.39, 0.29) is 22.1 Å². The van der Waals surface area contributed by atoms with Gasteiger partial charge in [0, 0.05) is 16.3 Å². The van der Waals surface area contributed by atoms with Crippen LogP contribution in [0.3, 0.4) is 0 Å². The predicted molar refractivity (Wildman–Crippen MR) is 132 cm³/mol. The molecule has 1 atom stereocenters. The van der Waals surface area contributed by atoms with Gasteiger partial charge in [-0.15, -0.1) is 0 Å². The van der Waals surface area contributed by atoms with Crippen LogP contribution in [0.1, 0.15) is 30.5 Å². The van der Waals surface area contributed by atoms with Crippen LogP contribution in [0.15, 0.2) is 72.3 Å². The molecule has 1 amide bonds. The minimum atomic E-state index is -0.977. The molecule has 2 N–H and O–H groups in total. The molecule has 34 heavy (non-hydrogen) atoms. The number of phenols is 1. The molecule has 0 bridgehead atoms. The Bertz CT molecular complexity index is 1270. The zero-order valence-electron chi connectivity index (χ0n) is 18.2. The Morgan fingerprint density at radius 2 is 1.68 bits per heavy atom. The Kier molecular flexibility index (Phi) is 6.82. The van der Waals surface area contributed by atoms with Gasteiger partial charge in [-0.1, -0.05) is 36.2 Å². The number of aliphatic hydroxyl groups is 1. The Morgan fingerprint density at radius 3 is 2.29 bits per heavy atom. The number of carbonyl (C=O) groups is 2. The van der Waals surface area contributed by atoms with Crippen molar-refractivity contribution in [2.24, 2.45) is 0 Å². The van der Waals surface area contributed by atoms with Gasteiger partial charge in [0.05, 0.1) is 23.2 Å². The summed E-state index contributed by atoms with van der Waals surface area (Å²) in [5.41, 5.74) is 1.13. The van der Waals surface area contributed by atoms with Gasteiger partial charge in [-0.2, -0.15) is 0 Å². The fraction of sp³-hybridized carbons (Fsp3) is 0.154. The van der Waals surface area contributed by atoms with Crippen LogP contribution in [0.5, 0.6) is 11.5 Å². The number of amides is 1. The number of anilines is 1. The van der Waals surface area contributed by atoms with Crippen LogP contribution in [-0.2, 0) is 9.59 Å². The van der Waals surface area contributed by atoms with E-state index in [1.54, 1.807) is 54.6 Å². The fourth-order valence-electron chi connectivity index (χ4n) is 3.79. The highest BCUT2D eigenvalue weighted by Crippen LogP contribution is 2.43. The summed E-state index contributed by atoms with van der Waals surface area (Å²) in [7, 11) is 0. The van der Waals surface area contributed by atoms with Gasteiger partial charge in [-0.25, -0.2) is 0 Å². The lowest BCUT2D eigenvalue weighted by atomic mass is 9.95. The molecule has 6 nitrogen and oxygen atoms in total. The van der Waals surface area contributed by atoms with Crippen molar-refractivity contribution in [1.82, 2.24) is 0 Å². The number of phenolic OH excluding ortho intramolecular Hbond substituents is 1. The summed E-state index contributed by atoms with van der Waals surface area (Å²) >= 11 is 12.1. The first-order chi connectivity index (χ1) is 16.3. The Hall–Kier alpha value is -3.48. The van der Waals surface area contributed by atoms with Crippen LogP contribution in [0.25, 0.3) is 5.76 Å². The number of carbonyl (C=O) groups excluding carboxylic acids is 2. The van der Waals surface area contributed by atoms with Gasteiger partial charge >= 0.3 is 0 Å². The normalized spacial score (nSPS) is 17.3. The maximum absolute atomic E-state index is 13.2. The second-order valence-corrected chi connectivity index (χ2v) is 8.57. The molecular formula is C26H21Cl2NO5. The molecule has 174 valence electrons. The Morgan fingerprint density at radius 1 is 1.00 bits per heavy atom. The number of aromatic hydroxyl groups is 1. The molecule has 8 heteroatoms. The van der Waals surface area contributed by atoms with Crippen LogP contribution < -0.4 is 9.64 Å². The molecule has 3 aromatic carbocycles. The van der Waals surface area contributed by atoms with E-state index >= 15 is 0 Å². The van der Waals surface area contributed by atoms with Gasteiger partial charge in [-0.3, -0.25) is 14.5 Å². The van der Waals surface area contributed by atoms with Gasteiger partial charge in [0.15, 0.2) is 0 Å². The van der Waals surface area contributed by atoms with E-state index in [4.69, 9.17) is 27.9 Å². The lowest BCUT2D eigenvalue weighted by Crippen LogP contribution is -2.29. The summed E-state index contributed by atoms with van der Waals surface area (Å²) in [5.74, 6) is -1.49. The third-order valence-electron chi connectivity index (χ3n) is 5.44. The highest BCUT2D eigenvalue weighted by molar-refractivity contribution is 6.51. The number of ether oxygens (including phenoxy) is 1. The molecule has 0 radical (unpaired) electrons. The van der Waals surface area contributed by atoms with Crippen molar-refractivity contribution in [3.05, 3.63) is 93.5 Å². The van der Waals surface area contributed by atoms with Crippen LogP contribution in [0, 0.1) is 0 Å². The maximum Gasteiger partial charge on any atom is 0.300 e. The van der Waals surface area contributed by atoms with Crippen molar-refractivity contribution < 1.29 is 24.5 Å². The fourth-order valence-corrected chi connectivity index (χ4v) is 4.11. The average molecular weight is 498 g/mol. The minimum absolute atomic E-state index is 0.0524. The van der Waals surface area contributed by atoms with E-state index in [2.05, 4.69) is 0 Å². The molecule has 1 fully saturated rings. The van der Waals surface area contributed by atoms with Crippen LogP contribution in [0.2, 0.25) is 10.0 Å². The topological polar surface area (TPSA) is 87.1 Å². The van der Waals surface area contributed by atoms with Gasteiger partial charge in [-0.05, 0) is 72.6 Å². The second-order valence-electron chi connectivity index (χ2n) is 7.73. The number of hydrogen-bond donors (Lipinski definition) is 2. The van der Waals surface area contributed by atoms with Crippen LogP contribution in [0.4, 0.5) is 5.69 Å². The van der Waals surface area contributed by atoms with Crippen molar-refractivity contribution in [3.63, 3.8) is 0 Å². The van der Waals surface area contributed by atoms with Crippen molar-refractivity contribution in [2.45, 2.75) is 19.4 Å². The van der Waals surface area contributed by atoms with E-state index < -0.39 is 17.7 Å². The maximum atomic E-state index is 13.2. The number of rotatable bonds is 6. The van der Waals surface area contributed by atoms with Crippen molar-refractivity contribution >= 4 is 46.3 Å². The standard InChI is InChI=1S/C26H21Cl2NO5/c1-2-13-34-19-10-3-15(4-11-19)24(31)22-23(16-5-12-21(30)20(28)14-16)29(26(33)25(22)32)18-8-6-17(27)7-9-18/h3-12,14,23,30-31H,2,13H2,1H3/b24-22-. The van der Waals surface area contributed by atoms with Gasteiger partial charge < -0.3 is 14.9 Å². The summed E-state index contributed by atoms with van der Waals surface area (Å²) in [6, 6.07) is 16.5. The first kappa shape index (κ1) is 23.7. The number of halogens is 2. The third kappa shape index (κ3) is 4.47. The molecule has 1 aliphatic heterocycles. The van der Waals surface area contributed by atoms with E-state index in [0.717, 1.165) is 6.42 Å². The number of aliphatic hydroxyl groups excluding tert-OH is 1. The molecular weight excluding hydrogens is 477 g/mol. The average Bonchev–Trinajstić information content (AvgIpc) is 3.10. The summed E-state index contributed by atoms with van der Waals surface area (Å²) < 4.78 is 5.58. The van der Waals surface area contributed by atoms with Gasteiger partial charge in [0.2, 0.25) is 0 Å². The van der Waals surface area contributed by atoms with E-state index in [1.165, 1.54) is 17.0 Å². The summed E-state index contributed by atoms with van der Waals surface area (Å²) in [5, 5.41) is 21.6.